The van der Waals surface area contributed by atoms with Crippen LogP contribution in [0.1, 0.15) is 16.8 Å². The lowest BCUT2D eigenvalue weighted by Crippen LogP contribution is -2.25. The Bertz CT molecular complexity index is 667. The van der Waals surface area contributed by atoms with Gasteiger partial charge < -0.3 is 5.73 Å². The van der Waals surface area contributed by atoms with Crippen LogP contribution in [-0.2, 0) is 23.0 Å². The quantitative estimate of drug-likeness (QED) is 0.863. The van der Waals surface area contributed by atoms with Gasteiger partial charge in [-0.1, -0.05) is 6.92 Å². The van der Waals surface area contributed by atoms with Gasteiger partial charge in [0.15, 0.2) is 5.03 Å². The van der Waals surface area contributed by atoms with Crippen LogP contribution < -0.4 is 10.5 Å². The molecule has 6 nitrogen and oxygen atoms in total. The minimum atomic E-state index is -3.71. The maximum Gasteiger partial charge on any atom is 0.260 e. The Labute approximate surface area is 115 Å². The molecule has 0 unspecified atom stereocenters. The number of aromatic nitrogens is 2. The summed E-state index contributed by atoms with van der Waals surface area (Å²) in [5.41, 5.74) is 5.73. The van der Waals surface area contributed by atoms with E-state index in [9.17, 15) is 8.42 Å². The van der Waals surface area contributed by atoms with Gasteiger partial charge in [-0.05, 0) is 18.6 Å². The van der Waals surface area contributed by atoms with E-state index in [0.29, 0.717) is 0 Å². The van der Waals surface area contributed by atoms with Crippen molar-refractivity contribution >= 4 is 27.0 Å². The average molecular weight is 298 g/mol. The van der Waals surface area contributed by atoms with E-state index in [1.807, 2.05) is 6.92 Å². The highest BCUT2D eigenvalue weighted by Crippen LogP contribution is 2.16. The molecule has 2 aromatic heterocycles. The van der Waals surface area contributed by atoms with Gasteiger partial charge in [0.25, 0.3) is 10.0 Å². The molecule has 8 heteroatoms. The van der Waals surface area contributed by atoms with Gasteiger partial charge in [-0.2, -0.15) is 0 Å². The number of nitrogens with zero attached hydrogens (tertiary/aromatic N) is 2. The molecule has 0 aliphatic carbocycles. The van der Waals surface area contributed by atoms with Crippen LogP contribution in [0.25, 0.3) is 0 Å². The molecule has 19 heavy (non-hydrogen) atoms. The topological polar surface area (TPSA) is 98.0 Å². The lowest BCUT2D eigenvalue weighted by molar-refractivity contribution is 0.578. The van der Waals surface area contributed by atoms with Gasteiger partial charge in [-0.15, -0.1) is 11.3 Å². The predicted octanol–water partition coefficient (Wildman–Crippen LogP) is 1.16. The third-order valence-corrected chi connectivity index (χ3v) is 4.93. The molecule has 102 valence electrons. The minimum Gasteiger partial charge on any atom is -0.396 e. The molecule has 0 radical (unpaired) electrons. The molecule has 0 amide bonds. The zero-order valence-corrected chi connectivity index (χ0v) is 12.0. The number of nitrogens with two attached hydrogens (primary N) is 1. The molecule has 3 N–H and O–H groups in total. The van der Waals surface area contributed by atoms with Gasteiger partial charge in [0.2, 0.25) is 0 Å². The molecule has 0 saturated heterocycles. The summed E-state index contributed by atoms with van der Waals surface area (Å²) in [5, 5.41) is 0.567. The van der Waals surface area contributed by atoms with Gasteiger partial charge >= 0.3 is 0 Å². The summed E-state index contributed by atoms with van der Waals surface area (Å²) in [6, 6.07) is 3.09. The van der Waals surface area contributed by atoms with Crippen LogP contribution in [0.15, 0.2) is 29.6 Å². The molecule has 0 saturated carbocycles. The van der Waals surface area contributed by atoms with Crippen LogP contribution in [0.5, 0.6) is 0 Å². The van der Waals surface area contributed by atoms with Crippen LogP contribution in [0.3, 0.4) is 0 Å². The first kappa shape index (κ1) is 13.9. The van der Waals surface area contributed by atoms with Crippen LogP contribution in [0, 0.1) is 0 Å². The third kappa shape index (κ3) is 3.28. The van der Waals surface area contributed by atoms with Gasteiger partial charge in [0.05, 0.1) is 12.2 Å². The standard InChI is InChI=1S/C11H14N4O2S2/c1-2-8-6-14-10(18-8)7-15-19(16,17)11-9(12)4-3-5-13-11/h3-6,15H,2,7,12H2,1H3. The fourth-order valence-corrected chi connectivity index (χ4v) is 3.38. The summed E-state index contributed by atoms with van der Waals surface area (Å²) in [6.07, 6.45) is 4.03. The van der Waals surface area contributed by atoms with Crippen molar-refractivity contribution in [1.29, 1.82) is 0 Å². The maximum atomic E-state index is 12.0. The van der Waals surface area contributed by atoms with Crippen LogP contribution in [0.4, 0.5) is 5.69 Å². The van der Waals surface area contributed by atoms with Crippen molar-refractivity contribution in [2.24, 2.45) is 0 Å². The molecule has 2 heterocycles. The number of rotatable bonds is 5. The van der Waals surface area contributed by atoms with Crippen LogP contribution in [-0.4, -0.2) is 18.4 Å². The molecular formula is C11H14N4O2S2. The van der Waals surface area contributed by atoms with Gasteiger partial charge in [0, 0.05) is 17.3 Å². The lowest BCUT2D eigenvalue weighted by atomic mass is 10.4. The predicted molar refractivity (Wildman–Crippen MR) is 74.2 cm³/mol. The first-order valence-corrected chi connectivity index (χ1v) is 7.96. The second kappa shape index (κ2) is 5.64. The Balaban J connectivity index is 2.12. The zero-order valence-electron chi connectivity index (χ0n) is 10.3. The summed E-state index contributed by atoms with van der Waals surface area (Å²) in [4.78, 5) is 9.05. The van der Waals surface area contributed by atoms with E-state index in [4.69, 9.17) is 5.73 Å². The molecule has 2 rings (SSSR count). The van der Waals surface area contributed by atoms with E-state index in [-0.39, 0.29) is 17.3 Å². The number of sulfonamides is 1. The number of hydrogen-bond acceptors (Lipinski definition) is 6. The maximum absolute atomic E-state index is 12.0. The molecule has 0 bridgehead atoms. The van der Waals surface area contributed by atoms with Gasteiger partial charge in [0.1, 0.15) is 5.01 Å². The molecule has 0 spiro atoms. The summed E-state index contributed by atoms with van der Waals surface area (Å²) >= 11 is 1.48. The number of hydrogen-bond donors (Lipinski definition) is 2. The van der Waals surface area contributed by atoms with Crippen LogP contribution in [0.2, 0.25) is 0 Å². The number of thiazole rings is 1. The zero-order chi connectivity index (χ0) is 13.9. The molecule has 0 aromatic carbocycles. The number of anilines is 1. The third-order valence-electron chi connectivity index (χ3n) is 2.42. The average Bonchev–Trinajstić information content (AvgIpc) is 2.85. The first-order valence-electron chi connectivity index (χ1n) is 5.66. The summed E-state index contributed by atoms with van der Waals surface area (Å²) in [6.45, 7) is 2.17. The van der Waals surface area contributed by atoms with E-state index in [2.05, 4.69) is 14.7 Å². The Kier molecular flexibility index (Phi) is 4.13. The van der Waals surface area contributed by atoms with E-state index >= 15 is 0 Å². The Hall–Kier alpha value is -1.51. The van der Waals surface area contributed by atoms with Crippen molar-refractivity contribution in [3.8, 4) is 0 Å². The lowest BCUT2D eigenvalue weighted by Gasteiger charge is -2.06. The highest BCUT2D eigenvalue weighted by atomic mass is 32.2. The van der Waals surface area contributed by atoms with Crippen molar-refractivity contribution in [2.45, 2.75) is 24.9 Å². The number of aryl methyl sites for hydroxylation is 1. The largest absolute Gasteiger partial charge is 0.396 e. The Morgan fingerprint density at radius 2 is 2.21 bits per heavy atom. The summed E-state index contributed by atoms with van der Waals surface area (Å²) in [7, 11) is -3.71. The van der Waals surface area contributed by atoms with Crippen molar-refractivity contribution in [3.63, 3.8) is 0 Å². The highest BCUT2D eigenvalue weighted by Gasteiger charge is 2.18. The van der Waals surface area contributed by atoms with E-state index < -0.39 is 10.0 Å². The highest BCUT2D eigenvalue weighted by molar-refractivity contribution is 7.89. The molecular weight excluding hydrogens is 284 g/mol. The monoisotopic (exact) mass is 298 g/mol. The number of pyridine rings is 1. The molecule has 0 fully saturated rings. The molecule has 2 aromatic rings. The number of nitrogens with one attached hydrogen (secondary N) is 1. The second-order valence-corrected chi connectivity index (χ2v) is 6.68. The van der Waals surface area contributed by atoms with E-state index in [1.165, 1.54) is 23.6 Å². The van der Waals surface area contributed by atoms with Crippen molar-refractivity contribution in [3.05, 3.63) is 34.4 Å². The molecule has 0 aliphatic rings. The summed E-state index contributed by atoms with van der Waals surface area (Å²) < 4.78 is 26.5. The fraction of sp³-hybridized carbons (Fsp3) is 0.273. The number of nitrogen functional groups attached to an aromatic ring is 1. The first-order chi connectivity index (χ1) is 9.03. The fourth-order valence-electron chi connectivity index (χ4n) is 1.45. The second-order valence-electron chi connectivity index (χ2n) is 3.80. The Morgan fingerprint density at radius 1 is 1.42 bits per heavy atom. The minimum absolute atomic E-state index is 0.128. The van der Waals surface area contributed by atoms with Gasteiger partial charge in [-0.25, -0.2) is 23.1 Å². The van der Waals surface area contributed by atoms with E-state index in [0.717, 1.165) is 16.3 Å². The Morgan fingerprint density at radius 3 is 2.84 bits per heavy atom. The molecule has 0 aliphatic heterocycles. The van der Waals surface area contributed by atoms with Crippen molar-refractivity contribution in [2.75, 3.05) is 5.73 Å². The van der Waals surface area contributed by atoms with Crippen LogP contribution >= 0.6 is 11.3 Å². The SMILES string of the molecule is CCc1cnc(CNS(=O)(=O)c2ncccc2N)s1. The van der Waals surface area contributed by atoms with Gasteiger partial charge in [-0.3, -0.25) is 0 Å². The smallest absolute Gasteiger partial charge is 0.260 e. The normalized spacial score (nSPS) is 11.6. The van der Waals surface area contributed by atoms with Crippen molar-refractivity contribution in [1.82, 2.24) is 14.7 Å². The summed E-state index contributed by atoms with van der Waals surface area (Å²) in [5.74, 6) is 0. The van der Waals surface area contributed by atoms with Crippen molar-refractivity contribution < 1.29 is 8.42 Å². The van der Waals surface area contributed by atoms with E-state index in [1.54, 1.807) is 12.3 Å². The molecule has 0 atom stereocenters.